The van der Waals surface area contributed by atoms with Gasteiger partial charge in [0.05, 0.1) is 10.8 Å². The van der Waals surface area contributed by atoms with Crippen molar-refractivity contribution in [2.45, 2.75) is 44.9 Å². The summed E-state index contributed by atoms with van der Waals surface area (Å²) in [4.78, 5) is 2.18. The zero-order chi connectivity index (χ0) is 15.1. The van der Waals surface area contributed by atoms with Crippen molar-refractivity contribution in [3.05, 3.63) is 15.8 Å². The maximum atomic E-state index is 12.7. The zero-order valence-corrected chi connectivity index (χ0v) is 14.8. The third-order valence-electron chi connectivity index (χ3n) is 4.05. The molecule has 20 heavy (non-hydrogen) atoms. The molecule has 1 aromatic heterocycles. The third kappa shape index (κ3) is 3.06. The minimum atomic E-state index is -3.37. The Morgan fingerprint density at radius 2 is 2.10 bits per heavy atom. The number of halogens is 1. The summed E-state index contributed by atoms with van der Waals surface area (Å²) in [5, 5.41) is 0. The molecule has 1 aromatic rings. The lowest BCUT2D eigenvalue weighted by molar-refractivity contribution is 0.252. The second-order valence-electron chi connectivity index (χ2n) is 6.48. The largest absolute Gasteiger partial charge is 0.244 e. The van der Waals surface area contributed by atoms with Gasteiger partial charge in [-0.1, -0.05) is 20.8 Å². The Hall–Kier alpha value is -0.100. The molecule has 1 unspecified atom stereocenters. The minimum Gasteiger partial charge on any atom is -0.207 e. The molecule has 2 heterocycles. The molecule has 3 nitrogen and oxygen atoms in total. The van der Waals surface area contributed by atoms with E-state index in [-0.39, 0.29) is 5.41 Å². The van der Waals surface area contributed by atoms with Gasteiger partial charge in [0.15, 0.2) is 0 Å². The highest BCUT2D eigenvalue weighted by Gasteiger charge is 2.38. The second kappa shape index (κ2) is 5.59. The Morgan fingerprint density at radius 3 is 2.55 bits per heavy atom. The Kier molecular flexibility index (Phi) is 4.55. The smallest absolute Gasteiger partial charge is 0.207 e. The van der Waals surface area contributed by atoms with E-state index in [1.54, 1.807) is 10.4 Å². The lowest BCUT2D eigenvalue weighted by atomic mass is 9.80. The first-order valence-corrected chi connectivity index (χ1v) is 9.61. The van der Waals surface area contributed by atoms with Crippen molar-refractivity contribution < 1.29 is 8.42 Å². The van der Waals surface area contributed by atoms with Crippen LogP contribution in [0.1, 0.15) is 36.9 Å². The standard InChI is InChI=1S/C14H22ClNO2S2/c1-10-13(7-12(8-15)19-10)20(17,18)16-6-5-11(9-16)14(2,3)4/h7,11H,5-6,8-9H2,1-4H3. The normalized spacial score (nSPS) is 21.6. The predicted octanol–water partition coefficient (Wildman–Crippen LogP) is 3.85. The number of hydrogen-bond acceptors (Lipinski definition) is 3. The van der Waals surface area contributed by atoms with Gasteiger partial charge in [0.2, 0.25) is 10.0 Å². The number of rotatable bonds is 3. The predicted molar refractivity (Wildman–Crippen MR) is 84.9 cm³/mol. The van der Waals surface area contributed by atoms with Crippen LogP contribution in [0.5, 0.6) is 0 Å². The monoisotopic (exact) mass is 335 g/mol. The van der Waals surface area contributed by atoms with Gasteiger partial charge in [0.1, 0.15) is 0 Å². The van der Waals surface area contributed by atoms with Crippen LogP contribution in [-0.2, 0) is 15.9 Å². The van der Waals surface area contributed by atoms with Crippen molar-refractivity contribution in [3.63, 3.8) is 0 Å². The number of hydrogen-bond donors (Lipinski definition) is 0. The third-order valence-corrected chi connectivity index (χ3v) is 7.67. The van der Waals surface area contributed by atoms with Crippen LogP contribution >= 0.6 is 22.9 Å². The molecule has 6 heteroatoms. The fourth-order valence-corrected chi connectivity index (χ4v) is 5.83. The molecule has 0 aromatic carbocycles. The molecule has 1 aliphatic rings. The van der Waals surface area contributed by atoms with Crippen LogP contribution in [0.4, 0.5) is 0 Å². The highest BCUT2D eigenvalue weighted by molar-refractivity contribution is 7.89. The number of aryl methyl sites for hydroxylation is 1. The molecule has 0 saturated carbocycles. The van der Waals surface area contributed by atoms with Crippen LogP contribution < -0.4 is 0 Å². The van der Waals surface area contributed by atoms with Gasteiger partial charge in [0.25, 0.3) is 0 Å². The topological polar surface area (TPSA) is 37.4 Å². The van der Waals surface area contributed by atoms with Crippen molar-refractivity contribution in [2.24, 2.45) is 11.3 Å². The average Bonchev–Trinajstić information content (AvgIpc) is 2.94. The van der Waals surface area contributed by atoms with Gasteiger partial charge in [-0.3, -0.25) is 0 Å². The van der Waals surface area contributed by atoms with Crippen LogP contribution in [0.3, 0.4) is 0 Å². The van der Waals surface area contributed by atoms with E-state index < -0.39 is 10.0 Å². The number of nitrogens with zero attached hydrogens (tertiary/aromatic N) is 1. The molecule has 1 saturated heterocycles. The highest BCUT2D eigenvalue weighted by atomic mass is 35.5. The molecule has 0 spiro atoms. The van der Waals surface area contributed by atoms with Crippen LogP contribution in [0, 0.1) is 18.3 Å². The summed E-state index contributed by atoms with van der Waals surface area (Å²) in [6.07, 6.45) is 0.939. The number of sulfonamides is 1. The van der Waals surface area contributed by atoms with E-state index in [0.29, 0.717) is 29.8 Å². The fraction of sp³-hybridized carbons (Fsp3) is 0.714. The Labute approximate surface area is 131 Å². The van der Waals surface area contributed by atoms with E-state index >= 15 is 0 Å². The molecular formula is C14H22ClNO2S2. The van der Waals surface area contributed by atoms with Gasteiger partial charge < -0.3 is 0 Å². The van der Waals surface area contributed by atoms with Gasteiger partial charge in [-0.15, -0.1) is 22.9 Å². The first-order valence-electron chi connectivity index (χ1n) is 6.81. The van der Waals surface area contributed by atoms with Gasteiger partial charge in [-0.25, -0.2) is 8.42 Å². The number of thiophene rings is 1. The van der Waals surface area contributed by atoms with Crippen LogP contribution in [0.15, 0.2) is 11.0 Å². The summed E-state index contributed by atoms with van der Waals surface area (Å²) in [6.45, 7) is 9.62. The van der Waals surface area contributed by atoms with E-state index in [4.69, 9.17) is 11.6 Å². The SMILES string of the molecule is Cc1sc(CCl)cc1S(=O)(=O)N1CCC(C(C)(C)C)C1. The molecule has 0 amide bonds. The molecule has 1 fully saturated rings. The number of alkyl halides is 1. The van der Waals surface area contributed by atoms with Crippen molar-refractivity contribution >= 4 is 33.0 Å². The van der Waals surface area contributed by atoms with Crippen molar-refractivity contribution in [3.8, 4) is 0 Å². The first-order chi connectivity index (χ1) is 9.16. The molecule has 2 rings (SSSR count). The van der Waals surface area contributed by atoms with Crippen LogP contribution in [-0.4, -0.2) is 25.8 Å². The summed E-state index contributed by atoms with van der Waals surface area (Å²) in [7, 11) is -3.37. The fourth-order valence-electron chi connectivity index (χ4n) is 2.64. The maximum Gasteiger partial charge on any atom is 0.244 e. The summed E-state index contributed by atoms with van der Waals surface area (Å²) >= 11 is 7.28. The summed E-state index contributed by atoms with van der Waals surface area (Å²) in [5.41, 5.74) is 0.148. The summed E-state index contributed by atoms with van der Waals surface area (Å²) in [5.74, 6) is 0.787. The Balaban J connectivity index is 2.26. The molecule has 0 bridgehead atoms. The first kappa shape index (κ1) is 16.3. The molecule has 0 radical (unpaired) electrons. The van der Waals surface area contributed by atoms with Crippen molar-refractivity contribution in [1.82, 2.24) is 4.31 Å². The molecule has 1 aliphatic heterocycles. The molecular weight excluding hydrogens is 314 g/mol. The van der Waals surface area contributed by atoms with Crippen LogP contribution in [0.2, 0.25) is 0 Å². The Bertz CT molecular complexity index is 587. The molecule has 114 valence electrons. The van der Waals surface area contributed by atoms with Gasteiger partial charge in [0, 0.05) is 22.8 Å². The molecule has 1 atom stereocenters. The lowest BCUT2D eigenvalue weighted by Crippen LogP contribution is -2.31. The van der Waals surface area contributed by atoms with Crippen molar-refractivity contribution in [1.29, 1.82) is 0 Å². The van der Waals surface area contributed by atoms with Crippen molar-refractivity contribution in [2.75, 3.05) is 13.1 Å². The highest BCUT2D eigenvalue weighted by Crippen LogP contribution is 2.37. The van der Waals surface area contributed by atoms with Crippen LogP contribution in [0.25, 0.3) is 0 Å². The van der Waals surface area contributed by atoms with Gasteiger partial charge >= 0.3 is 0 Å². The Morgan fingerprint density at radius 1 is 1.45 bits per heavy atom. The minimum absolute atomic E-state index is 0.148. The van der Waals surface area contributed by atoms with Gasteiger partial charge in [-0.2, -0.15) is 4.31 Å². The molecule has 0 N–H and O–H groups in total. The van der Waals surface area contributed by atoms with E-state index in [1.165, 1.54) is 11.3 Å². The second-order valence-corrected chi connectivity index (χ2v) is 10.00. The zero-order valence-electron chi connectivity index (χ0n) is 12.4. The summed E-state index contributed by atoms with van der Waals surface area (Å²) in [6, 6.07) is 1.73. The quantitative estimate of drug-likeness (QED) is 0.787. The van der Waals surface area contributed by atoms with E-state index in [9.17, 15) is 8.42 Å². The van der Waals surface area contributed by atoms with Gasteiger partial charge in [-0.05, 0) is 30.7 Å². The average molecular weight is 336 g/mol. The van der Waals surface area contributed by atoms with E-state index in [1.807, 2.05) is 6.92 Å². The maximum absolute atomic E-state index is 12.7. The lowest BCUT2D eigenvalue weighted by Gasteiger charge is -2.26. The molecule has 0 aliphatic carbocycles. The van der Waals surface area contributed by atoms with E-state index in [0.717, 1.165) is 16.2 Å². The van der Waals surface area contributed by atoms with E-state index in [2.05, 4.69) is 20.8 Å². The summed E-state index contributed by atoms with van der Waals surface area (Å²) < 4.78 is 27.1.